The van der Waals surface area contributed by atoms with Gasteiger partial charge in [0.1, 0.15) is 0 Å². The number of fused-ring (bicyclic) bond motifs is 3. The van der Waals surface area contributed by atoms with Crippen molar-refractivity contribution in [3.05, 3.63) is 269 Å². The number of carboxylic acids is 3. The van der Waals surface area contributed by atoms with E-state index >= 15 is 0 Å². The summed E-state index contributed by atoms with van der Waals surface area (Å²) in [5, 5.41) is 44.2. The molecule has 0 aliphatic heterocycles. The fourth-order valence-electron chi connectivity index (χ4n) is 20.0. The van der Waals surface area contributed by atoms with Crippen molar-refractivity contribution >= 4 is 74.3 Å². The Morgan fingerprint density at radius 2 is 0.699 bits per heavy atom. The van der Waals surface area contributed by atoms with Crippen LogP contribution in [0.15, 0.2) is 225 Å². The first-order valence-corrected chi connectivity index (χ1v) is 39.4. The number of hydrogen-bond acceptors (Lipinski definition) is 10. The lowest BCUT2D eigenvalue weighted by atomic mass is 9.47. The predicted molar refractivity (Wildman–Crippen MR) is 432 cm³/mol. The van der Waals surface area contributed by atoms with Gasteiger partial charge in [0.05, 0.1) is 60.7 Å². The molecule has 0 amide bonds. The molecule has 0 bridgehead atoms. The summed E-state index contributed by atoms with van der Waals surface area (Å²) in [6.45, 7) is 5.91. The molecule has 0 unspecified atom stereocenters. The van der Waals surface area contributed by atoms with Crippen molar-refractivity contribution in [2.24, 2.45) is 51.8 Å². The van der Waals surface area contributed by atoms with Crippen LogP contribution in [0.2, 0.25) is 0 Å². The van der Waals surface area contributed by atoms with Gasteiger partial charge in [0.15, 0.2) is 17.3 Å². The van der Waals surface area contributed by atoms with Crippen LogP contribution < -0.4 is 0 Å². The number of rotatable bonds is 23. The Kier molecular flexibility index (Phi) is 22.1. The average Bonchev–Trinajstić information content (AvgIpc) is 1.23. The zero-order chi connectivity index (χ0) is 78.7. The number of benzene rings is 9. The van der Waals surface area contributed by atoms with E-state index in [1.165, 1.54) is 33.4 Å². The number of aliphatic carboxylic acids is 3. The molecule has 6 fully saturated rings. The highest BCUT2D eigenvalue weighted by Crippen LogP contribution is 2.65. The van der Waals surface area contributed by atoms with E-state index in [0.29, 0.717) is 79.3 Å². The van der Waals surface area contributed by atoms with Gasteiger partial charge < -0.3 is 15.3 Å². The summed E-state index contributed by atoms with van der Waals surface area (Å²) in [5.74, 6) is 0.0807. The molecule has 18 heteroatoms. The molecule has 3 aromatic heterocycles. The topological polar surface area (TPSA) is 234 Å². The third-order valence-corrected chi connectivity index (χ3v) is 24.9. The molecule has 0 saturated heterocycles. The minimum Gasteiger partial charge on any atom is -0.481 e. The number of Topliss-reactive ketones (excluding diaryl/α,β-unsaturated/α-hetero) is 3. The molecule has 18 rings (SSSR count). The molecule has 9 aromatic carbocycles. The second kappa shape index (κ2) is 32.6. The van der Waals surface area contributed by atoms with Gasteiger partial charge in [-0.1, -0.05) is 182 Å². The Hall–Kier alpha value is -11.7. The van der Waals surface area contributed by atoms with Gasteiger partial charge in [-0.3, -0.25) is 42.8 Å². The number of halogens is 2. The van der Waals surface area contributed by atoms with Gasteiger partial charge in [0, 0.05) is 65.0 Å². The smallest absolute Gasteiger partial charge is 0.481 e. The van der Waals surface area contributed by atoms with Crippen molar-refractivity contribution in [2.45, 2.75) is 143 Å². The number of carbonyl (C=O) groups excluding carboxylic acids is 4. The zero-order valence-electron chi connectivity index (χ0n) is 63.6. The Bertz CT molecular complexity index is 5500. The van der Waals surface area contributed by atoms with Gasteiger partial charge in [-0.2, -0.15) is 15.3 Å². The molecule has 0 radical (unpaired) electrons. The quantitative estimate of drug-likeness (QED) is 0.0400. The third-order valence-electron chi connectivity index (χ3n) is 24.9. The molecule has 16 nitrogen and oxygen atoms in total. The van der Waals surface area contributed by atoms with E-state index in [2.05, 4.69) is 137 Å². The first kappa shape index (κ1) is 76.7. The molecule has 6 aliphatic carbocycles. The second-order valence-corrected chi connectivity index (χ2v) is 33.4. The van der Waals surface area contributed by atoms with Crippen LogP contribution in [0.5, 0.6) is 0 Å². The van der Waals surface area contributed by atoms with E-state index in [9.17, 15) is 42.7 Å². The lowest BCUT2D eigenvalue weighted by molar-refractivity contribution is -0.158. The van der Waals surface area contributed by atoms with E-state index in [0.717, 1.165) is 154 Å². The van der Waals surface area contributed by atoms with Gasteiger partial charge in [0.2, 0.25) is 0 Å². The number of aryl methyl sites for hydroxylation is 2. The van der Waals surface area contributed by atoms with Crippen LogP contribution in [0.25, 0.3) is 66.1 Å². The van der Waals surface area contributed by atoms with Crippen molar-refractivity contribution in [1.82, 2.24) is 29.3 Å². The van der Waals surface area contributed by atoms with Gasteiger partial charge in [-0.05, 0) is 222 Å². The first-order valence-electron chi connectivity index (χ1n) is 39.4. The van der Waals surface area contributed by atoms with Crippen molar-refractivity contribution in [3.63, 3.8) is 0 Å². The van der Waals surface area contributed by atoms with Crippen molar-refractivity contribution in [3.8, 4) is 33.4 Å². The molecule has 576 valence electrons. The van der Waals surface area contributed by atoms with Gasteiger partial charge in [-0.15, -0.1) is 8.78 Å². The highest BCUT2D eigenvalue weighted by Gasteiger charge is 2.56. The number of hydrogen-bond donors (Lipinski definition) is 3. The molecule has 0 atom stereocenters. The van der Waals surface area contributed by atoms with Crippen molar-refractivity contribution < 1.29 is 57.7 Å². The van der Waals surface area contributed by atoms with Crippen LogP contribution in [0.3, 0.4) is 0 Å². The molecular weight excluding hydrogens is 1420 g/mol. The Morgan fingerprint density at radius 3 is 1.10 bits per heavy atom. The number of nitrogens with zero attached hydrogens (tertiary/aromatic N) is 6. The SMILES string of the molecule is Cc1cc(C(=O)CC2CC3(C2)CC(C(=O)O)C3)c2c(cnn2Cc2ccc(-c3ccccc3)cc2)c1.Cc1ccc(C(=O)CC2CC3(CC(CC(=O)O)C3)C2)c2c1cnn2Cc1ccc(-c2ccccc2)cc1.O=C(F)F.O=C(O)CC1CC2(C1)CC(CC(=O)c1cccc3cnn(Cc4ccc(-c5ccccc5)cc4)c13)C2. The normalized spacial score (nSPS) is 22.1. The molecular formula is C95H92F2N6O10. The van der Waals surface area contributed by atoms with Gasteiger partial charge in [0.25, 0.3) is 0 Å². The number of carboxylic acid groups (broad SMARTS) is 3. The standard InChI is InChI=1S/C32H32N2O3.2C31H30N2O3.CF2O/c1-21-7-12-27(29(35)13-23-15-32(16-23)17-24(18-32)14-30(36)37)31-28(21)19-33-34(31)20-22-8-10-26(11-9-22)25-5-3-2-4-6-25;1-20-11-25-18-32-33(19-21-7-9-24(10-8-21)23-5-3-2-4-6-23)29(25)27(12-20)28(34)13-22-14-31(15-22)16-26(17-31)30(35)36;34-28(13-22-15-31(16-22)17-23(18-31)14-29(35)36)27-8-4-7-26-19-32-33(30(26)27)20-21-9-11-25(12-10-21)24-5-2-1-3-6-24;2-1(3)4/h2-12,19,23-24H,13-18,20H2,1H3,(H,36,37);2-12,18,22,26H,13-17,19H2,1H3,(H,35,36);1-12,19,22-23H,13-18,20H2,(H,35,36);. The van der Waals surface area contributed by atoms with Crippen LogP contribution in [0.1, 0.15) is 168 Å². The molecule has 3 heterocycles. The Balaban J connectivity index is 0.000000131. The zero-order valence-corrected chi connectivity index (χ0v) is 63.6. The maximum atomic E-state index is 13.5. The molecule has 3 N–H and O–H groups in total. The van der Waals surface area contributed by atoms with E-state index in [1.807, 2.05) is 131 Å². The summed E-state index contributed by atoms with van der Waals surface area (Å²) >= 11 is 0. The number of carbonyl (C=O) groups is 7. The van der Waals surface area contributed by atoms with E-state index < -0.39 is 24.2 Å². The Morgan fingerprint density at radius 1 is 0.363 bits per heavy atom. The number of para-hydroxylation sites is 1. The third kappa shape index (κ3) is 17.4. The Labute approximate surface area is 654 Å². The van der Waals surface area contributed by atoms with Crippen molar-refractivity contribution in [1.29, 1.82) is 0 Å². The summed E-state index contributed by atoms with van der Waals surface area (Å²) in [6, 6.07) is 70.6. The summed E-state index contributed by atoms with van der Waals surface area (Å²) < 4.78 is 25.3. The van der Waals surface area contributed by atoms with Crippen LogP contribution in [0.4, 0.5) is 13.6 Å². The maximum Gasteiger partial charge on any atom is 0.483 e. The fraction of sp³-hybridized carbons (Fsp3) is 0.326. The van der Waals surface area contributed by atoms with Crippen LogP contribution in [0, 0.1) is 65.6 Å². The number of ketones is 3. The summed E-state index contributed by atoms with van der Waals surface area (Å²) in [6.07, 6.45) is 16.7. The summed E-state index contributed by atoms with van der Waals surface area (Å²) in [7, 11) is 0. The van der Waals surface area contributed by atoms with Crippen LogP contribution in [-0.2, 0) is 34.0 Å². The predicted octanol–water partition coefficient (Wildman–Crippen LogP) is 21.1. The highest BCUT2D eigenvalue weighted by atomic mass is 19.3. The molecule has 6 aliphatic rings. The minimum absolute atomic E-state index is 0.166. The minimum atomic E-state index is -2.83. The van der Waals surface area contributed by atoms with Gasteiger partial charge >= 0.3 is 24.2 Å². The van der Waals surface area contributed by atoms with Crippen LogP contribution >= 0.6 is 0 Å². The summed E-state index contributed by atoms with van der Waals surface area (Å²) in [5.41, 5.74) is 18.5. The molecule has 3 spiro atoms. The van der Waals surface area contributed by atoms with E-state index in [4.69, 9.17) is 15.0 Å². The second-order valence-electron chi connectivity index (χ2n) is 33.4. The van der Waals surface area contributed by atoms with E-state index in [-0.39, 0.29) is 41.5 Å². The lowest BCUT2D eigenvalue weighted by Crippen LogP contribution is -2.50. The first-order chi connectivity index (χ1) is 54.5. The highest BCUT2D eigenvalue weighted by molar-refractivity contribution is 6.09. The summed E-state index contributed by atoms with van der Waals surface area (Å²) in [4.78, 5) is 81.5. The molecule has 6 saturated carbocycles. The average molecular weight is 1520 g/mol. The van der Waals surface area contributed by atoms with Gasteiger partial charge in [-0.25, -0.2) is 4.79 Å². The fourth-order valence-corrected chi connectivity index (χ4v) is 20.0. The van der Waals surface area contributed by atoms with E-state index in [1.54, 1.807) is 0 Å². The van der Waals surface area contributed by atoms with Crippen molar-refractivity contribution in [2.75, 3.05) is 0 Å². The molecule has 12 aromatic rings. The van der Waals surface area contributed by atoms with Crippen LogP contribution in [-0.4, -0.2) is 86.2 Å². The monoisotopic (exact) mass is 1510 g/mol. The lowest BCUT2D eigenvalue weighted by Gasteiger charge is -2.58. The molecule has 113 heavy (non-hydrogen) atoms. The number of aromatic nitrogens is 6. The maximum absolute atomic E-state index is 13.5. The largest absolute Gasteiger partial charge is 0.483 e.